The van der Waals surface area contributed by atoms with Gasteiger partial charge >= 0.3 is 0 Å². The van der Waals surface area contributed by atoms with Gasteiger partial charge in [0.15, 0.2) is 0 Å². The number of benzene rings is 1. The van der Waals surface area contributed by atoms with Gasteiger partial charge in [-0.05, 0) is 29.9 Å². The Balaban J connectivity index is 2.06. The van der Waals surface area contributed by atoms with Gasteiger partial charge in [0.2, 0.25) is 0 Å². The van der Waals surface area contributed by atoms with Crippen LogP contribution in [0.4, 0.5) is 0 Å². The summed E-state index contributed by atoms with van der Waals surface area (Å²) in [6.07, 6.45) is 2.88. The van der Waals surface area contributed by atoms with Crippen molar-refractivity contribution in [2.45, 2.75) is 46.0 Å². The lowest BCUT2D eigenvalue weighted by atomic mass is 9.67. The van der Waals surface area contributed by atoms with Crippen molar-refractivity contribution in [2.75, 3.05) is 0 Å². The molecule has 0 saturated heterocycles. The summed E-state index contributed by atoms with van der Waals surface area (Å²) in [7, 11) is 0. The fraction of sp³-hybridized carbons (Fsp3) is 0.562. The van der Waals surface area contributed by atoms with Crippen LogP contribution >= 0.6 is 0 Å². The molecule has 0 N–H and O–H groups in total. The van der Waals surface area contributed by atoms with E-state index in [2.05, 4.69) is 45.0 Å². The van der Waals surface area contributed by atoms with Crippen LogP contribution in [0.2, 0.25) is 0 Å². The minimum atomic E-state index is 0.283. The maximum atomic E-state index is 11.5. The summed E-state index contributed by atoms with van der Waals surface area (Å²) in [5, 5.41) is 0. The van der Waals surface area contributed by atoms with Gasteiger partial charge in [0.25, 0.3) is 0 Å². The molecule has 92 valence electrons. The quantitative estimate of drug-likeness (QED) is 0.765. The molecule has 2 rings (SSSR count). The Hall–Kier alpha value is -1.11. The van der Waals surface area contributed by atoms with Crippen molar-refractivity contribution in [1.82, 2.24) is 0 Å². The molecule has 1 aromatic carbocycles. The van der Waals surface area contributed by atoms with E-state index in [0.29, 0.717) is 17.6 Å². The van der Waals surface area contributed by atoms with Crippen molar-refractivity contribution in [1.29, 1.82) is 0 Å². The molecule has 0 radical (unpaired) electrons. The minimum Gasteiger partial charge on any atom is -0.299 e. The second-order valence-electron chi connectivity index (χ2n) is 5.63. The number of Topliss-reactive ketones (excluding diaryl/α,β-unsaturated/α-hetero) is 1. The first-order valence-corrected chi connectivity index (χ1v) is 6.73. The van der Waals surface area contributed by atoms with Gasteiger partial charge in [0, 0.05) is 18.3 Å². The smallest absolute Gasteiger partial charge is 0.137 e. The summed E-state index contributed by atoms with van der Waals surface area (Å²) in [6, 6.07) is 8.89. The average molecular weight is 230 g/mol. The maximum absolute atomic E-state index is 11.5. The zero-order chi connectivity index (χ0) is 12.4. The standard InChI is InChI=1S/C16H22O/c1-4-14-15(10-16(14)17)13-7-5-12(6-8-13)9-11(2)3/h5-8,11,14-15H,4,9-10H2,1-3H3. The Kier molecular flexibility index (Phi) is 3.66. The van der Waals surface area contributed by atoms with Crippen LogP contribution in [-0.2, 0) is 11.2 Å². The molecule has 17 heavy (non-hydrogen) atoms. The van der Waals surface area contributed by atoms with Gasteiger partial charge in [-0.2, -0.15) is 0 Å². The van der Waals surface area contributed by atoms with Crippen molar-refractivity contribution in [3.8, 4) is 0 Å². The highest BCUT2D eigenvalue weighted by molar-refractivity contribution is 5.89. The summed E-state index contributed by atoms with van der Waals surface area (Å²) < 4.78 is 0. The Morgan fingerprint density at radius 2 is 1.88 bits per heavy atom. The van der Waals surface area contributed by atoms with Gasteiger partial charge < -0.3 is 0 Å². The summed E-state index contributed by atoms with van der Waals surface area (Å²) in [5.74, 6) is 1.92. The van der Waals surface area contributed by atoms with E-state index in [1.54, 1.807) is 0 Å². The van der Waals surface area contributed by atoms with Gasteiger partial charge in [-0.25, -0.2) is 0 Å². The zero-order valence-corrected chi connectivity index (χ0v) is 11.1. The highest BCUT2D eigenvalue weighted by Crippen LogP contribution is 2.41. The van der Waals surface area contributed by atoms with E-state index in [0.717, 1.165) is 19.3 Å². The minimum absolute atomic E-state index is 0.283. The lowest BCUT2D eigenvalue weighted by Crippen LogP contribution is -2.34. The highest BCUT2D eigenvalue weighted by Gasteiger charge is 2.38. The van der Waals surface area contributed by atoms with Crippen molar-refractivity contribution in [3.05, 3.63) is 35.4 Å². The van der Waals surface area contributed by atoms with Crippen LogP contribution < -0.4 is 0 Å². The van der Waals surface area contributed by atoms with Gasteiger partial charge in [-0.3, -0.25) is 4.79 Å². The molecule has 0 amide bonds. The predicted molar refractivity (Wildman–Crippen MR) is 71.1 cm³/mol. The van der Waals surface area contributed by atoms with Crippen LogP contribution in [0.1, 0.15) is 50.7 Å². The first-order chi connectivity index (χ1) is 8.11. The molecular formula is C16H22O. The number of hydrogen-bond donors (Lipinski definition) is 0. The van der Waals surface area contributed by atoms with E-state index in [9.17, 15) is 4.79 Å². The summed E-state index contributed by atoms with van der Waals surface area (Å²) >= 11 is 0. The first kappa shape index (κ1) is 12.3. The van der Waals surface area contributed by atoms with Crippen molar-refractivity contribution in [2.24, 2.45) is 11.8 Å². The summed E-state index contributed by atoms with van der Waals surface area (Å²) in [4.78, 5) is 11.5. The molecule has 0 heterocycles. The van der Waals surface area contributed by atoms with E-state index in [4.69, 9.17) is 0 Å². The largest absolute Gasteiger partial charge is 0.299 e. The second kappa shape index (κ2) is 5.03. The van der Waals surface area contributed by atoms with Crippen LogP contribution in [0.15, 0.2) is 24.3 Å². The topological polar surface area (TPSA) is 17.1 Å². The van der Waals surface area contributed by atoms with E-state index < -0.39 is 0 Å². The Morgan fingerprint density at radius 1 is 1.24 bits per heavy atom. The average Bonchev–Trinajstić information content (AvgIpc) is 2.27. The van der Waals surface area contributed by atoms with Gasteiger partial charge in [-0.15, -0.1) is 0 Å². The number of rotatable bonds is 4. The first-order valence-electron chi connectivity index (χ1n) is 6.73. The molecule has 1 saturated carbocycles. The molecule has 2 unspecified atom stereocenters. The third kappa shape index (κ3) is 2.59. The lowest BCUT2D eigenvalue weighted by Gasteiger charge is -2.34. The number of carbonyl (C=O) groups is 1. The Labute approximate surface area is 104 Å². The monoisotopic (exact) mass is 230 g/mol. The fourth-order valence-corrected chi connectivity index (χ4v) is 2.81. The molecule has 1 heteroatoms. The zero-order valence-electron chi connectivity index (χ0n) is 11.1. The van der Waals surface area contributed by atoms with Crippen LogP contribution in [0.5, 0.6) is 0 Å². The van der Waals surface area contributed by atoms with Crippen LogP contribution in [0.25, 0.3) is 0 Å². The predicted octanol–water partition coefficient (Wildman–Crippen LogP) is 3.97. The summed E-state index contributed by atoms with van der Waals surface area (Å²) in [5.41, 5.74) is 2.76. The highest BCUT2D eigenvalue weighted by atomic mass is 16.1. The number of ketones is 1. The second-order valence-corrected chi connectivity index (χ2v) is 5.63. The lowest BCUT2D eigenvalue weighted by molar-refractivity contribution is -0.131. The molecule has 1 nitrogen and oxygen atoms in total. The molecule has 1 aliphatic carbocycles. The van der Waals surface area contributed by atoms with Crippen molar-refractivity contribution < 1.29 is 4.79 Å². The Morgan fingerprint density at radius 3 is 2.35 bits per heavy atom. The molecule has 0 aromatic heterocycles. The van der Waals surface area contributed by atoms with E-state index in [-0.39, 0.29) is 5.92 Å². The molecule has 1 aliphatic rings. The molecule has 1 fully saturated rings. The molecule has 2 atom stereocenters. The van der Waals surface area contributed by atoms with Crippen LogP contribution in [0, 0.1) is 11.8 Å². The van der Waals surface area contributed by atoms with Gasteiger partial charge in [0.1, 0.15) is 5.78 Å². The molecule has 0 spiro atoms. The van der Waals surface area contributed by atoms with Gasteiger partial charge in [0.05, 0.1) is 0 Å². The molecule has 0 bridgehead atoms. The molecule has 0 aliphatic heterocycles. The molecular weight excluding hydrogens is 208 g/mol. The third-order valence-corrected chi connectivity index (χ3v) is 3.81. The fourth-order valence-electron chi connectivity index (χ4n) is 2.81. The van der Waals surface area contributed by atoms with Gasteiger partial charge in [-0.1, -0.05) is 45.0 Å². The van der Waals surface area contributed by atoms with Crippen molar-refractivity contribution in [3.63, 3.8) is 0 Å². The number of hydrogen-bond acceptors (Lipinski definition) is 1. The van der Waals surface area contributed by atoms with Crippen LogP contribution in [-0.4, -0.2) is 5.78 Å². The van der Waals surface area contributed by atoms with E-state index in [1.807, 2.05) is 0 Å². The van der Waals surface area contributed by atoms with Crippen molar-refractivity contribution >= 4 is 5.78 Å². The van der Waals surface area contributed by atoms with E-state index >= 15 is 0 Å². The number of carbonyl (C=O) groups excluding carboxylic acids is 1. The summed E-state index contributed by atoms with van der Waals surface area (Å²) in [6.45, 7) is 6.60. The maximum Gasteiger partial charge on any atom is 0.137 e. The SMILES string of the molecule is CCC1C(=O)CC1c1ccc(CC(C)C)cc1. The third-order valence-electron chi connectivity index (χ3n) is 3.81. The van der Waals surface area contributed by atoms with Crippen LogP contribution in [0.3, 0.4) is 0 Å². The van der Waals surface area contributed by atoms with E-state index in [1.165, 1.54) is 11.1 Å². The molecule has 1 aromatic rings. The Bertz CT molecular complexity index is 388. The normalized spacial score (nSPS) is 23.9.